The molecule has 4 rings (SSSR count). The molecule has 10 heteroatoms. The first-order chi connectivity index (χ1) is 14.0. The summed E-state index contributed by atoms with van der Waals surface area (Å²) in [7, 11) is 1.85. The van der Waals surface area contributed by atoms with Gasteiger partial charge in [-0.15, -0.1) is 5.10 Å². The van der Waals surface area contributed by atoms with Crippen LogP contribution in [0.2, 0.25) is 5.02 Å². The lowest BCUT2D eigenvalue weighted by Crippen LogP contribution is -2.02. The second-order valence-corrected chi connectivity index (χ2v) is 6.85. The van der Waals surface area contributed by atoms with E-state index in [-0.39, 0.29) is 10.8 Å². The summed E-state index contributed by atoms with van der Waals surface area (Å²) in [6, 6.07) is 9.41. The Labute approximate surface area is 171 Å². The SMILES string of the molecule is Cc1c(C#N)cccc1-c1nc(N)c(Cl)c(-c2cn(Cc3ccn(C)n3)nn2)n1. The van der Waals surface area contributed by atoms with E-state index in [1.165, 1.54) is 0 Å². The maximum atomic E-state index is 9.28. The predicted octanol–water partition coefficient (Wildman–Crippen LogP) is 2.60. The van der Waals surface area contributed by atoms with Gasteiger partial charge in [-0.3, -0.25) is 4.68 Å². The first-order valence-corrected chi connectivity index (χ1v) is 9.06. The second kappa shape index (κ2) is 7.33. The van der Waals surface area contributed by atoms with Gasteiger partial charge in [0.15, 0.2) is 5.82 Å². The molecule has 0 aliphatic rings. The summed E-state index contributed by atoms with van der Waals surface area (Å²) in [5, 5.41) is 22.1. The number of anilines is 1. The molecule has 0 saturated heterocycles. The molecule has 0 bridgehead atoms. The first-order valence-electron chi connectivity index (χ1n) is 8.68. The van der Waals surface area contributed by atoms with Crippen molar-refractivity contribution in [1.82, 2.24) is 34.7 Å². The lowest BCUT2D eigenvalue weighted by molar-refractivity contribution is 0.624. The molecular formula is C19H16ClN9. The van der Waals surface area contributed by atoms with Crippen LogP contribution in [0.5, 0.6) is 0 Å². The fourth-order valence-corrected chi connectivity index (χ4v) is 3.13. The molecule has 29 heavy (non-hydrogen) atoms. The van der Waals surface area contributed by atoms with Gasteiger partial charge in [-0.25, -0.2) is 14.6 Å². The number of nitriles is 1. The molecule has 2 N–H and O–H groups in total. The Balaban J connectivity index is 1.75. The third-order valence-electron chi connectivity index (χ3n) is 4.45. The largest absolute Gasteiger partial charge is 0.382 e. The van der Waals surface area contributed by atoms with E-state index < -0.39 is 0 Å². The molecule has 3 heterocycles. The summed E-state index contributed by atoms with van der Waals surface area (Å²) in [4.78, 5) is 8.87. The predicted molar refractivity (Wildman–Crippen MR) is 108 cm³/mol. The van der Waals surface area contributed by atoms with Gasteiger partial charge < -0.3 is 5.73 Å². The van der Waals surface area contributed by atoms with Crippen LogP contribution in [0.3, 0.4) is 0 Å². The smallest absolute Gasteiger partial charge is 0.162 e. The minimum absolute atomic E-state index is 0.132. The summed E-state index contributed by atoms with van der Waals surface area (Å²) in [6.45, 7) is 2.30. The van der Waals surface area contributed by atoms with Crippen molar-refractivity contribution >= 4 is 17.4 Å². The van der Waals surface area contributed by atoms with E-state index >= 15 is 0 Å². The molecule has 0 radical (unpaired) electrons. The Kier molecular flexibility index (Phi) is 4.70. The van der Waals surface area contributed by atoms with Crippen molar-refractivity contribution in [3.8, 4) is 28.8 Å². The first kappa shape index (κ1) is 18.6. The zero-order chi connectivity index (χ0) is 20.5. The second-order valence-electron chi connectivity index (χ2n) is 6.47. The lowest BCUT2D eigenvalue weighted by Gasteiger charge is -2.09. The van der Waals surface area contributed by atoms with Crippen LogP contribution < -0.4 is 5.73 Å². The van der Waals surface area contributed by atoms with E-state index in [1.807, 2.05) is 32.3 Å². The molecular weight excluding hydrogens is 390 g/mol. The molecule has 0 spiro atoms. The number of nitrogens with zero attached hydrogens (tertiary/aromatic N) is 8. The Morgan fingerprint density at radius 2 is 2.07 bits per heavy atom. The van der Waals surface area contributed by atoms with Crippen LogP contribution in [0.1, 0.15) is 16.8 Å². The average Bonchev–Trinajstić information content (AvgIpc) is 3.33. The molecule has 0 unspecified atom stereocenters. The van der Waals surface area contributed by atoms with Gasteiger partial charge >= 0.3 is 0 Å². The van der Waals surface area contributed by atoms with Crippen LogP contribution in [0.25, 0.3) is 22.8 Å². The van der Waals surface area contributed by atoms with Gasteiger partial charge in [0.05, 0.1) is 30.1 Å². The number of nitrogen functional groups attached to an aromatic ring is 1. The van der Waals surface area contributed by atoms with Crippen molar-refractivity contribution in [2.45, 2.75) is 13.5 Å². The van der Waals surface area contributed by atoms with Crippen molar-refractivity contribution in [2.75, 3.05) is 5.73 Å². The summed E-state index contributed by atoms with van der Waals surface area (Å²) in [6.07, 6.45) is 3.59. The van der Waals surface area contributed by atoms with Gasteiger partial charge in [0.25, 0.3) is 0 Å². The molecule has 3 aromatic heterocycles. The van der Waals surface area contributed by atoms with E-state index in [4.69, 9.17) is 17.3 Å². The van der Waals surface area contributed by atoms with Crippen LogP contribution in [0, 0.1) is 18.3 Å². The van der Waals surface area contributed by atoms with Crippen molar-refractivity contribution < 1.29 is 0 Å². The zero-order valence-corrected chi connectivity index (χ0v) is 16.5. The lowest BCUT2D eigenvalue weighted by atomic mass is 10.0. The summed E-state index contributed by atoms with van der Waals surface area (Å²) in [5.74, 6) is 0.503. The molecule has 0 aliphatic heterocycles. The molecule has 9 nitrogen and oxygen atoms in total. The highest BCUT2D eigenvalue weighted by Gasteiger charge is 2.18. The molecule has 144 valence electrons. The number of hydrogen-bond donors (Lipinski definition) is 1. The van der Waals surface area contributed by atoms with E-state index in [0.29, 0.717) is 34.9 Å². The minimum atomic E-state index is 0.132. The van der Waals surface area contributed by atoms with E-state index in [0.717, 1.165) is 11.3 Å². The quantitative estimate of drug-likeness (QED) is 0.553. The standard InChI is InChI=1S/C19H16ClN9/c1-11-12(8-21)4-3-5-14(11)19-23-17(16(20)18(22)24-19)15-10-29(27-25-15)9-13-6-7-28(2)26-13/h3-7,10H,9H2,1-2H3,(H2,22,23,24). The molecule has 4 aromatic rings. The number of nitrogens with two attached hydrogens (primary N) is 1. The van der Waals surface area contributed by atoms with Crippen LogP contribution in [0.15, 0.2) is 36.7 Å². The highest BCUT2D eigenvalue weighted by atomic mass is 35.5. The number of halogens is 1. The normalized spacial score (nSPS) is 10.8. The van der Waals surface area contributed by atoms with E-state index in [2.05, 4.69) is 31.4 Å². The van der Waals surface area contributed by atoms with Gasteiger partial charge in [-0.1, -0.05) is 28.9 Å². The third kappa shape index (κ3) is 3.53. The number of aromatic nitrogens is 7. The van der Waals surface area contributed by atoms with Crippen LogP contribution in [0.4, 0.5) is 5.82 Å². The highest BCUT2D eigenvalue weighted by Crippen LogP contribution is 2.32. The Morgan fingerprint density at radius 3 is 2.79 bits per heavy atom. The number of hydrogen-bond acceptors (Lipinski definition) is 7. The monoisotopic (exact) mass is 405 g/mol. The Morgan fingerprint density at radius 1 is 1.24 bits per heavy atom. The average molecular weight is 406 g/mol. The zero-order valence-electron chi connectivity index (χ0n) is 15.7. The third-order valence-corrected chi connectivity index (χ3v) is 4.82. The van der Waals surface area contributed by atoms with E-state index in [9.17, 15) is 5.26 Å². The van der Waals surface area contributed by atoms with Crippen molar-refractivity contribution in [2.24, 2.45) is 7.05 Å². The van der Waals surface area contributed by atoms with Crippen LogP contribution in [-0.4, -0.2) is 34.7 Å². The van der Waals surface area contributed by atoms with Gasteiger partial charge in [0.1, 0.15) is 22.2 Å². The van der Waals surface area contributed by atoms with E-state index in [1.54, 1.807) is 27.7 Å². The summed E-state index contributed by atoms with van der Waals surface area (Å²) < 4.78 is 3.37. The Hall–Kier alpha value is -3.77. The maximum Gasteiger partial charge on any atom is 0.162 e. The number of rotatable bonds is 4. The number of benzene rings is 1. The maximum absolute atomic E-state index is 9.28. The molecule has 0 amide bonds. The van der Waals surface area contributed by atoms with Gasteiger partial charge in [-0.2, -0.15) is 10.4 Å². The fourth-order valence-electron chi connectivity index (χ4n) is 2.95. The number of aryl methyl sites for hydroxylation is 1. The van der Waals surface area contributed by atoms with Crippen LogP contribution in [-0.2, 0) is 13.6 Å². The van der Waals surface area contributed by atoms with Crippen LogP contribution >= 0.6 is 11.6 Å². The topological polar surface area (TPSA) is 124 Å². The minimum Gasteiger partial charge on any atom is -0.382 e. The van der Waals surface area contributed by atoms with Crippen molar-refractivity contribution in [3.05, 3.63) is 58.5 Å². The molecule has 0 atom stereocenters. The van der Waals surface area contributed by atoms with Gasteiger partial charge in [0, 0.05) is 18.8 Å². The summed E-state index contributed by atoms with van der Waals surface area (Å²) in [5.41, 5.74) is 9.74. The molecule has 1 aromatic carbocycles. The molecule has 0 fully saturated rings. The Bertz CT molecular complexity index is 1250. The molecule has 0 saturated carbocycles. The van der Waals surface area contributed by atoms with Gasteiger partial charge in [-0.05, 0) is 24.6 Å². The fraction of sp³-hybridized carbons (Fsp3) is 0.158. The highest BCUT2D eigenvalue weighted by molar-refractivity contribution is 6.35. The van der Waals surface area contributed by atoms with Crippen molar-refractivity contribution in [3.63, 3.8) is 0 Å². The molecule has 0 aliphatic carbocycles. The van der Waals surface area contributed by atoms with Crippen molar-refractivity contribution in [1.29, 1.82) is 5.26 Å². The van der Waals surface area contributed by atoms with Gasteiger partial charge in [0.2, 0.25) is 0 Å². The summed E-state index contributed by atoms with van der Waals surface area (Å²) >= 11 is 6.36.